The lowest BCUT2D eigenvalue weighted by Crippen LogP contribution is -2.31. The second-order valence-electron chi connectivity index (χ2n) is 7.56. The molecule has 0 bridgehead atoms. The third-order valence-corrected chi connectivity index (χ3v) is 6.52. The summed E-state index contributed by atoms with van der Waals surface area (Å²) in [6.45, 7) is 2.84. The van der Waals surface area contributed by atoms with Gasteiger partial charge in [0.1, 0.15) is 0 Å². The number of hydrogen-bond acceptors (Lipinski definition) is 3. The van der Waals surface area contributed by atoms with Crippen LogP contribution in [0.2, 0.25) is 0 Å². The summed E-state index contributed by atoms with van der Waals surface area (Å²) < 4.78 is 0. The van der Waals surface area contributed by atoms with Crippen molar-refractivity contribution in [3.8, 4) is 0 Å². The zero-order valence-electron chi connectivity index (χ0n) is 17.1. The predicted octanol–water partition coefficient (Wildman–Crippen LogP) is 5.29. The molecule has 0 saturated heterocycles. The fraction of sp³-hybridized carbons (Fsp3) is 0.417. The van der Waals surface area contributed by atoms with Gasteiger partial charge in [-0.05, 0) is 48.9 Å². The van der Waals surface area contributed by atoms with Gasteiger partial charge in [-0.3, -0.25) is 9.59 Å². The van der Waals surface area contributed by atoms with E-state index in [-0.39, 0.29) is 11.8 Å². The van der Waals surface area contributed by atoms with Gasteiger partial charge in [0.05, 0.1) is 11.3 Å². The topological polar surface area (TPSA) is 58.2 Å². The smallest absolute Gasteiger partial charge is 0.256 e. The van der Waals surface area contributed by atoms with Crippen molar-refractivity contribution in [2.24, 2.45) is 5.92 Å². The van der Waals surface area contributed by atoms with Crippen LogP contribution in [-0.2, 0) is 11.2 Å². The molecule has 4 nitrogen and oxygen atoms in total. The number of amides is 2. The average Bonchev–Trinajstić information content (AvgIpc) is 2.77. The molecule has 1 aliphatic rings. The van der Waals surface area contributed by atoms with E-state index in [0.29, 0.717) is 17.2 Å². The highest BCUT2D eigenvalue weighted by Crippen LogP contribution is 2.25. The highest BCUT2D eigenvalue weighted by Gasteiger charge is 2.16. The van der Waals surface area contributed by atoms with Crippen LogP contribution in [-0.4, -0.2) is 24.1 Å². The molecule has 0 atom stereocenters. The Labute approximate surface area is 177 Å². The molecule has 0 heterocycles. The Morgan fingerprint density at radius 3 is 2.52 bits per heavy atom. The van der Waals surface area contributed by atoms with Crippen LogP contribution in [0.4, 0.5) is 5.69 Å². The molecule has 154 valence electrons. The van der Waals surface area contributed by atoms with Gasteiger partial charge >= 0.3 is 0 Å². The number of nitrogens with one attached hydrogen (secondary N) is 2. The molecule has 3 rings (SSSR count). The lowest BCUT2D eigenvalue weighted by molar-refractivity contribution is -0.118. The Kier molecular flexibility index (Phi) is 8.17. The van der Waals surface area contributed by atoms with Gasteiger partial charge < -0.3 is 10.6 Å². The summed E-state index contributed by atoms with van der Waals surface area (Å²) in [5.74, 6) is 0.834. The first-order valence-electron chi connectivity index (χ1n) is 10.5. The van der Waals surface area contributed by atoms with Gasteiger partial charge in [0.25, 0.3) is 5.91 Å². The maximum atomic E-state index is 12.9. The van der Waals surface area contributed by atoms with Crippen molar-refractivity contribution in [2.45, 2.75) is 50.3 Å². The maximum Gasteiger partial charge on any atom is 0.256 e. The van der Waals surface area contributed by atoms with Gasteiger partial charge in [-0.25, -0.2) is 0 Å². The molecule has 0 aliphatic heterocycles. The van der Waals surface area contributed by atoms with Gasteiger partial charge in [-0.15, -0.1) is 11.8 Å². The fourth-order valence-electron chi connectivity index (χ4n) is 3.76. The molecule has 2 aromatic carbocycles. The molecule has 0 unspecified atom stereocenters. The van der Waals surface area contributed by atoms with Gasteiger partial charge in [0, 0.05) is 17.1 Å². The molecule has 0 spiro atoms. The van der Waals surface area contributed by atoms with Gasteiger partial charge in [-0.1, -0.05) is 56.5 Å². The molecule has 1 saturated carbocycles. The van der Waals surface area contributed by atoms with Crippen molar-refractivity contribution in [2.75, 3.05) is 17.6 Å². The van der Waals surface area contributed by atoms with E-state index in [1.807, 2.05) is 48.5 Å². The Bertz CT molecular complexity index is 831. The summed E-state index contributed by atoms with van der Waals surface area (Å²) >= 11 is 1.42. The quantitative estimate of drug-likeness (QED) is 0.581. The van der Waals surface area contributed by atoms with E-state index < -0.39 is 0 Å². The minimum atomic E-state index is -0.142. The van der Waals surface area contributed by atoms with E-state index >= 15 is 0 Å². The average molecular weight is 411 g/mol. The maximum absolute atomic E-state index is 12.9. The molecular weight excluding hydrogens is 380 g/mol. The Morgan fingerprint density at radius 1 is 1.00 bits per heavy atom. The summed E-state index contributed by atoms with van der Waals surface area (Å²) in [6.07, 6.45) is 7.17. The highest BCUT2D eigenvalue weighted by molar-refractivity contribution is 8.00. The molecule has 0 radical (unpaired) electrons. The number of rotatable bonds is 8. The van der Waals surface area contributed by atoms with Crippen molar-refractivity contribution < 1.29 is 9.59 Å². The van der Waals surface area contributed by atoms with E-state index in [9.17, 15) is 9.59 Å². The Hall–Kier alpha value is -2.27. The van der Waals surface area contributed by atoms with Crippen LogP contribution in [0, 0.1) is 5.92 Å². The normalized spacial score (nSPS) is 14.4. The SMILES string of the molecule is CCc1ccccc1NC(=O)c1ccccc1SCC(=O)NCC1CCCCC1. The first kappa shape index (κ1) is 21.4. The molecule has 2 amide bonds. The number of carbonyl (C=O) groups excluding carboxylic acids is 2. The lowest BCUT2D eigenvalue weighted by atomic mass is 9.89. The van der Waals surface area contributed by atoms with Crippen LogP contribution < -0.4 is 10.6 Å². The minimum absolute atomic E-state index is 0.0344. The van der Waals surface area contributed by atoms with Crippen LogP contribution in [0.25, 0.3) is 0 Å². The first-order chi connectivity index (χ1) is 14.2. The molecule has 2 aromatic rings. The van der Waals surface area contributed by atoms with E-state index in [1.165, 1.54) is 43.9 Å². The summed E-state index contributed by atoms with van der Waals surface area (Å²) in [4.78, 5) is 26.0. The van der Waals surface area contributed by atoms with Crippen molar-refractivity contribution in [3.63, 3.8) is 0 Å². The van der Waals surface area contributed by atoms with E-state index in [1.54, 1.807) is 0 Å². The molecule has 29 heavy (non-hydrogen) atoms. The molecule has 5 heteroatoms. The van der Waals surface area contributed by atoms with Gasteiger partial charge in [0.15, 0.2) is 0 Å². The monoisotopic (exact) mass is 410 g/mol. The van der Waals surface area contributed by atoms with Crippen molar-refractivity contribution in [1.29, 1.82) is 0 Å². The number of benzene rings is 2. The number of thioether (sulfide) groups is 1. The lowest BCUT2D eigenvalue weighted by Gasteiger charge is -2.21. The number of carbonyl (C=O) groups is 2. The second-order valence-corrected chi connectivity index (χ2v) is 8.57. The zero-order chi connectivity index (χ0) is 20.5. The summed E-state index contributed by atoms with van der Waals surface area (Å²) in [5, 5.41) is 6.09. The molecular formula is C24H30N2O2S. The molecule has 2 N–H and O–H groups in total. The number of aryl methyl sites for hydroxylation is 1. The van der Waals surface area contributed by atoms with Crippen LogP contribution in [0.1, 0.15) is 54.9 Å². The molecule has 1 aliphatic carbocycles. The number of hydrogen-bond donors (Lipinski definition) is 2. The van der Waals surface area contributed by atoms with Gasteiger partial charge in [0.2, 0.25) is 5.91 Å². The van der Waals surface area contributed by atoms with Crippen LogP contribution in [0.5, 0.6) is 0 Å². The van der Waals surface area contributed by atoms with E-state index in [2.05, 4.69) is 17.6 Å². The van der Waals surface area contributed by atoms with E-state index in [0.717, 1.165) is 29.1 Å². The summed E-state index contributed by atoms with van der Waals surface area (Å²) in [5.41, 5.74) is 2.54. The van der Waals surface area contributed by atoms with Crippen molar-refractivity contribution >= 4 is 29.3 Å². The zero-order valence-corrected chi connectivity index (χ0v) is 17.9. The number of para-hydroxylation sites is 1. The highest BCUT2D eigenvalue weighted by atomic mass is 32.2. The summed E-state index contributed by atoms with van der Waals surface area (Å²) in [7, 11) is 0. The number of anilines is 1. The largest absolute Gasteiger partial charge is 0.355 e. The second kappa shape index (κ2) is 11.1. The fourth-order valence-corrected chi connectivity index (χ4v) is 4.64. The van der Waals surface area contributed by atoms with E-state index in [4.69, 9.17) is 0 Å². The third-order valence-electron chi connectivity index (χ3n) is 5.45. The predicted molar refractivity (Wildman–Crippen MR) is 121 cm³/mol. The van der Waals surface area contributed by atoms with Crippen molar-refractivity contribution in [1.82, 2.24) is 5.32 Å². The molecule has 1 fully saturated rings. The first-order valence-corrected chi connectivity index (χ1v) is 11.5. The third kappa shape index (κ3) is 6.36. The summed E-state index contributed by atoms with van der Waals surface area (Å²) in [6, 6.07) is 15.3. The van der Waals surface area contributed by atoms with Crippen LogP contribution in [0.3, 0.4) is 0 Å². The van der Waals surface area contributed by atoms with Gasteiger partial charge in [-0.2, -0.15) is 0 Å². The Morgan fingerprint density at radius 2 is 1.72 bits per heavy atom. The van der Waals surface area contributed by atoms with Crippen molar-refractivity contribution in [3.05, 3.63) is 59.7 Å². The van der Waals surface area contributed by atoms with Crippen LogP contribution >= 0.6 is 11.8 Å². The van der Waals surface area contributed by atoms with Crippen LogP contribution in [0.15, 0.2) is 53.4 Å². The Balaban J connectivity index is 1.56. The minimum Gasteiger partial charge on any atom is -0.355 e. The standard InChI is InChI=1S/C24H30N2O2S/c1-2-19-12-6-8-14-21(19)26-24(28)20-13-7-9-15-22(20)29-17-23(27)25-16-18-10-4-3-5-11-18/h6-9,12-15,18H,2-5,10-11,16-17H2,1H3,(H,25,27)(H,26,28). The molecule has 0 aromatic heterocycles.